The zero-order valence-electron chi connectivity index (χ0n) is 7.86. The van der Waals surface area contributed by atoms with Gasteiger partial charge >= 0.3 is 141 Å². The zero-order valence-corrected chi connectivity index (χ0v) is 18.0. The van der Waals surface area contributed by atoms with Crippen molar-refractivity contribution in [2.24, 2.45) is 0 Å². The molecule has 6 N–H and O–H groups in total. The molecule has 0 saturated heterocycles. The third-order valence-corrected chi connectivity index (χ3v) is 0. The maximum Gasteiger partial charge on any atom is 1.00 e. The Balaban J connectivity index is -0.0000000178. The molecule has 0 saturated carbocycles. The first-order chi connectivity index (χ1) is 4.00. The summed E-state index contributed by atoms with van der Waals surface area (Å²) in [7, 11) is -9.75. The van der Waals surface area contributed by atoms with Crippen molar-refractivity contribution >= 4 is 16.9 Å². The van der Waals surface area contributed by atoms with Crippen molar-refractivity contribution in [3.8, 4) is 0 Å². The van der Waals surface area contributed by atoms with Gasteiger partial charge in [0.25, 0.3) is 0 Å². The largest absolute Gasteiger partial charge is 1.00 e. The molecule has 0 aliphatic heterocycles. The molecule has 0 heterocycles. The summed E-state index contributed by atoms with van der Waals surface area (Å²) in [6.07, 6.45) is 0. The van der Waals surface area contributed by atoms with Crippen LogP contribution in [-0.4, -0.2) is 38.6 Å². The fourth-order valence-electron chi connectivity index (χ4n) is 0. The molecule has 0 amide bonds. The van der Waals surface area contributed by atoms with Crippen LogP contribution in [0.15, 0.2) is 0 Å². The second kappa shape index (κ2) is 17.4. The average molecular weight is 310 g/mol. The van der Waals surface area contributed by atoms with Crippen LogP contribution in [0.25, 0.3) is 0 Å². The Labute approximate surface area is 188 Å². The van der Waals surface area contributed by atoms with Crippen molar-refractivity contribution in [1.29, 1.82) is 0 Å². The minimum absolute atomic E-state index is 0. The maximum absolute atomic E-state index is 8.66. The Kier molecular flexibility index (Phi) is 45.0. The van der Waals surface area contributed by atoms with Gasteiger partial charge in [0.2, 0.25) is 0 Å². The van der Waals surface area contributed by atoms with E-state index in [9.17, 15) is 0 Å². The number of hydrogen-bond donors (Lipinski definition) is 5. The fraction of sp³-hybridized carbons (Fsp3) is 0. The van der Waals surface area contributed by atoms with Crippen LogP contribution in [0.1, 0.15) is 0 Å². The molecule has 0 rings (SSSR count). The van der Waals surface area contributed by atoms with E-state index in [1.807, 2.05) is 0 Å². The number of rotatable bonds is 0. The fourth-order valence-corrected chi connectivity index (χ4v) is 0. The summed E-state index contributed by atoms with van der Waals surface area (Å²) in [5.74, 6) is 0. The molecule has 0 aromatic heterocycles. The molecule has 0 aromatic carbocycles. The van der Waals surface area contributed by atoms with E-state index < -0.39 is 16.9 Å². The minimum atomic E-state index is -5.14. The van der Waals surface area contributed by atoms with E-state index in [0.29, 0.717) is 0 Å². The topological polar surface area (TPSA) is 194 Å². The van der Waals surface area contributed by atoms with Crippen LogP contribution in [-0.2, 0) is 4.57 Å². The quantitative estimate of drug-likeness (QED) is 0.213. The molecule has 14 heteroatoms. The predicted octanol–water partition coefficient (Wildman–Crippen LogP) is -14.0. The first kappa shape index (κ1) is 36.2. The van der Waals surface area contributed by atoms with Crippen LogP contribution >= 0.6 is 7.82 Å². The molecule has 0 atom stereocenters. The van der Waals surface area contributed by atoms with Gasteiger partial charge in [0.15, 0.2) is 0 Å². The van der Waals surface area contributed by atoms with Crippen molar-refractivity contribution < 1.29 is 176 Å². The van der Waals surface area contributed by atoms with Crippen molar-refractivity contribution in [2.45, 2.75) is 0 Å². The summed E-state index contributed by atoms with van der Waals surface area (Å²) < 4.78 is 8.66. The summed E-state index contributed by atoms with van der Waals surface area (Å²) in [4.78, 5) is 53.6. The molecule has 14 heavy (non-hydrogen) atoms. The first-order valence-corrected chi connectivity index (χ1v) is 4.93. The van der Waals surface area contributed by atoms with E-state index in [-0.39, 0.29) is 138 Å². The Morgan fingerprint density at radius 1 is 1.00 bits per heavy atom. The van der Waals surface area contributed by atoms with E-state index in [4.69, 9.17) is 38.4 Å². The van der Waals surface area contributed by atoms with Gasteiger partial charge in [-0.15, -0.1) is 0 Å². The maximum atomic E-state index is 8.66. The van der Waals surface area contributed by atoms with Gasteiger partial charge in [0.05, 0.1) is 7.82 Å². The normalized spacial score (nSPS) is 8.50. The van der Waals surface area contributed by atoms with Crippen LogP contribution in [0, 0.1) is 0 Å². The monoisotopic (exact) mass is 310 g/mol. The van der Waals surface area contributed by atoms with Gasteiger partial charge < -0.3 is 43.9 Å². The van der Waals surface area contributed by atoms with Crippen molar-refractivity contribution in [1.82, 2.24) is 0 Å². The van der Waals surface area contributed by atoms with Crippen molar-refractivity contribution in [3.05, 3.63) is 0 Å². The number of hydrogen-bond acceptors (Lipinski definition) is 8. The summed E-state index contributed by atoms with van der Waals surface area (Å²) in [6.45, 7) is 0. The standard InChI is InChI=1S/2K.Na.H3O4P.H4O4Si.H2O/c;;;2*1-5(2,3)4;/h;;;(H3,1,2,3,4);1-4H;1H2/q3*+1;;;/p-3. The molecule has 72 valence electrons. The summed E-state index contributed by atoms with van der Waals surface area (Å²) in [6, 6.07) is 0. The van der Waals surface area contributed by atoms with Crippen LogP contribution in [0.3, 0.4) is 0 Å². The molecule has 0 spiro atoms. The second-order valence-corrected chi connectivity index (χ2v) is 3.21. The molecule has 9 nitrogen and oxygen atoms in total. The average Bonchev–Trinajstić information content (AvgIpc) is 1.12. The molecule has 0 unspecified atom stereocenters. The van der Waals surface area contributed by atoms with Crippen LogP contribution < -0.4 is 142 Å². The van der Waals surface area contributed by atoms with E-state index >= 15 is 0 Å². The van der Waals surface area contributed by atoms with E-state index in [2.05, 4.69) is 0 Å². The molecule has 0 aliphatic carbocycles. The van der Waals surface area contributed by atoms with Crippen LogP contribution in [0.4, 0.5) is 0 Å². The van der Waals surface area contributed by atoms with Gasteiger partial charge in [0.1, 0.15) is 0 Å². The van der Waals surface area contributed by atoms with Gasteiger partial charge in [0, 0.05) is 0 Å². The summed E-state index contributed by atoms with van der Waals surface area (Å²) >= 11 is 0. The van der Waals surface area contributed by atoms with Gasteiger partial charge in [-0.25, -0.2) is 0 Å². The molecule has 0 aromatic rings. The Hall–Kier alpha value is 4.40. The Morgan fingerprint density at radius 2 is 1.00 bits per heavy atom. The summed E-state index contributed by atoms with van der Waals surface area (Å²) in [5.41, 5.74) is 0. The van der Waals surface area contributed by atoms with Crippen molar-refractivity contribution in [2.75, 3.05) is 0 Å². The SMILES string of the molecule is O=P([O-])([O-])O.O[Si](O)(O)O.[K+].[K+].[Na+].[OH-]. The molecular formula is H6K2NaO9PSi. The molecular weight excluding hydrogens is 304 g/mol. The van der Waals surface area contributed by atoms with E-state index in [0.717, 1.165) is 0 Å². The van der Waals surface area contributed by atoms with Gasteiger partial charge in [-0.1, -0.05) is 0 Å². The van der Waals surface area contributed by atoms with Gasteiger partial charge in [-0.2, -0.15) is 0 Å². The molecule has 0 bridgehead atoms. The minimum Gasteiger partial charge on any atom is -0.870 e. The van der Waals surface area contributed by atoms with Crippen LogP contribution in [0.5, 0.6) is 0 Å². The third-order valence-electron chi connectivity index (χ3n) is 0. The summed E-state index contributed by atoms with van der Waals surface area (Å²) in [5, 5.41) is 0. The molecule has 0 aliphatic rings. The van der Waals surface area contributed by atoms with E-state index in [1.54, 1.807) is 0 Å². The predicted molar refractivity (Wildman–Crippen MR) is 26.4 cm³/mol. The molecule has 0 radical (unpaired) electrons. The van der Waals surface area contributed by atoms with Gasteiger partial charge in [-0.05, 0) is 0 Å². The van der Waals surface area contributed by atoms with E-state index in [1.165, 1.54) is 0 Å². The Bertz CT molecular complexity index is 115. The Morgan fingerprint density at radius 3 is 1.00 bits per heavy atom. The zero-order chi connectivity index (χ0) is 9.00. The number of phosphoric acid groups is 1. The molecule has 0 fully saturated rings. The first-order valence-electron chi connectivity index (χ1n) is 1.64. The second-order valence-electron chi connectivity index (χ2n) is 1.07. The van der Waals surface area contributed by atoms with Crippen molar-refractivity contribution in [3.63, 3.8) is 0 Å². The van der Waals surface area contributed by atoms with Crippen LogP contribution in [0.2, 0.25) is 0 Å². The smallest absolute Gasteiger partial charge is 0.870 e. The third kappa shape index (κ3) is 201. The van der Waals surface area contributed by atoms with Gasteiger partial charge in [-0.3, -0.25) is 0 Å².